The largest absolute Gasteiger partial charge is 0.380 e. The summed E-state index contributed by atoms with van der Waals surface area (Å²) in [5.41, 5.74) is -2.83. The number of hydrogen-bond acceptors (Lipinski definition) is 6. The SMILES string of the molecule is FC1(F)C2=C3C=C(c4cccs4)S[C@@]3(c3cccs3)[C@]3(c4cccs4)SC(c4cccs4)=CC3=C2C(F)(F)C1(F)F. The third kappa shape index (κ3) is 3.06. The van der Waals surface area contributed by atoms with Crippen LogP contribution in [0.1, 0.15) is 19.5 Å². The van der Waals surface area contributed by atoms with Crippen molar-refractivity contribution in [1.82, 2.24) is 0 Å². The second-order valence-corrected chi connectivity index (χ2v) is 16.1. The molecule has 0 unspecified atom stereocenters. The van der Waals surface area contributed by atoms with Gasteiger partial charge in [-0.2, -0.15) is 26.3 Å². The fourth-order valence-electron chi connectivity index (χ4n) is 6.17. The van der Waals surface area contributed by atoms with Crippen LogP contribution in [0.15, 0.2) is 104 Å². The highest BCUT2D eigenvalue weighted by Crippen LogP contribution is 2.81. The number of hydrogen-bond donors (Lipinski definition) is 0. The molecule has 41 heavy (non-hydrogen) atoms. The summed E-state index contributed by atoms with van der Waals surface area (Å²) in [6, 6.07) is 14.5. The first-order valence-electron chi connectivity index (χ1n) is 12.2. The van der Waals surface area contributed by atoms with Gasteiger partial charge in [0.15, 0.2) is 0 Å². The summed E-state index contributed by atoms with van der Waals surface area (Å²) in [7, 11) is 0. The Hall–Kier alpha value is -1.96. The molecule has 6 heterocycles. The zero-order chi connectivity index (χ0) is 28.4. The van der Waals surface area contributed by atoms with Gasteiger partial charge in [0, 0.05) is 40.5 Å². The molecule has 12 heteroatoms. The van der Waals surface area contributed by atoms with Gasteiger partial charge < -0.3 is 0 Å². The molecule has 4 aliphatic rings. The first kappa shape index (κ1) is 26.7. The molecule has 1 saturated carbocycles. The predicted molar refractivity (Wildman–Crippen MR) is 161 cm³/mol. The molecule has 2 aliphatic heterocycles. The third-order valence-corrected chi connectivity index (χ3v) is 15.5. The van der Waals surface area contributed by atoms with Crippen LogP contribution in [0.5, 0.6) is 0 Å². The van der Waals surface area contributed by atoms with Gasteiger partial charge in [0.25, 0.3) is 0 Å². The molecule has 0 bridgehead atoms. The number of fused-ring (bicyclic) bond motifs is 4. The molecule has 2 atom stereocenters. The number of allylic oxidation sites excluding steroid dienone is 4. The summed E-state index contributed by atoms with van der Waals surface area (Å²) in [5.74, 6) is -15.8. The summed E-state index contributed by atoms with van der Waals surface area (Å²) in [4.78, 5) is 3.97. The zero-order valence-electron chi connectivity index (χ0n) is 20.3. The highest BCUT2D eigenvalue weighted by Gasteiger charge is 2.85. The summed E-state index contributed by atoms with van der Waals surface area (Å²) in [6.45, 7) is 0. The van der Waals surface area contributed by atoms with Crippen molar-refractivity contribution in [1.29, 1.82) is 0 Å². The first-order valence-corrected chi connectivity index (χ1v) is 17.3. The van der Waals surface area contributed by atoms with E-state index < -0.39 is 38.4 Å². The van der Waals surface area contributed by atoms with Crippen LogP contribution in [-0.4, -0.2) is 17.8 Å². The Balaban J connectivity index is 1.58. The standard InChI is InChI=1S/C29H14F6S6/c30-27(31)23-15-13-19(17-5-1-9-36-17)40-25(15,21-7-3-11-38-21)26(22-8-4-12-39-22)16(24(23)28(32,33)29(27,34)35)14-20(41-26)18-6-2-10-37-18/h1-14H/t25-,26-/m0/s1. The Kier molecular flexibility index (Phi) is 5.57. The van der Waals surface area contributed by atoms with E-state index in [1.54, 1.807) is 35.0 Å². The van der Waals surface area contributed by atoms with E-state index in [0.717, 1.165) is 9.75 Å². The molecular weight excluding hydrogens is 655 g/mol. The molecule has 0 radical (unpaired) electrons. The van der Waals surface area contributed by atoms with Gasteiger partial charge in [-0.1, -0.05) is 24.3 Å². The highest BCUT2D eigenvalue weighted by atomic mass is 32.2. The van der Waals surface area contributed by atoms with Crippen molar-refractivity contribution in [2.24, 2.45) is 0 Å². The van der Waals surface area contributed by atoms with Gasteiger partial charge in [-0.15, -0.1) is 68.9 Å². The zero-order valence-corrected chi connectivity index (χ0v) is 25.2. The molecule has 4 aromatic heterocycles. The van der Waals surface area contributed by atoms with Gasteiger partial charge in [-0.3, -0.25) is 0 Å². The molecule has 208 valence electrons. The quantitative estimate of drug-likeness (QED) is 0.199. The van der Waals surface area contributed by atoms with Crippen LogP contribution in [0.2, 0.25) is 0 Å². The van der Waals surface area contributed by atoms with Crippen LogP contribution >= 0.6 is 68.9 Å². The minimum atomic E-state index is -5.61. The summed E-state index contributed by atoms with van der Waals surface area (Å²) < 4.78 is 91.9. The lowest BCUT2D eigenvalue weighted by atomic mass is 9.68. The van der Waals surface area contributed by atoms with Crippen molar-refractivity contribution in [3.63, 3.8) is 0 Å². The molecule has 0 spiro atoms. The molecule has 0 amide bonds. The van der Waals surface area contributed by atoms with Crippen LogP contribution in [0.3, 0.4) is 0 Å². The number of thiophene rings is 4. The molecule has 0 N–H and O–H groups in total. The number of alkyl halides is 6. The normalized spacial score (nSPS) is 28.9. The van der Waals surface area contributed by atoms with Gasteiger partial charge in [0.1, 0.15) is 9.49 Å². The molecule has 4 aromatic rings. The van der Waals surface area contributed by atoms with Crippen LogP contribution in [0, 0.1) is 0 Å². The Morgan fingerprint density at radius 2 is 0.878 bits per heavy atom. The van der Waals surface area contributed by atoms with E-state index in [1.165, 1.54) is 81.0 Å². The number of rotatable bonds is 4. The second kappa shape index (κ2) is 8.57. The highest BCUT2D eigenvalue weighted by molar-refractivity contribution is 8.14. The lowest BCUT2D eigenvalue weighted by Crippen LogP contribution is -2.48. The molecule has 0 aromatic carbocycles. The van der Waals surface area contributed by atoms with E-state index in [-0.39, 0.29) is 11.1 Å². The predicted octanol–water partition coefficient (Wildman–Crippen LogP) is 11.1. The van der Waals surface area contributed by atoms with Crippen molar-refractivity contribution in [3.05, 3.63) is 124 Å². The maximum absolute atomic E-state index is 16.0. The van der Waals surface area contributed by atoms with Crippen molar-refractivity contribution < 1.29 is 26.3 Å². The topological polar surface area (TPSA) is 0 Å². The van der Waals surface area contributed by atoms with Crippen LogP contribution < -0.4 is 0 Å². The van der Waals surface area contributed by atoms with Gasteiger partial charge in [0.05, 0.1) is 0 Å². The van der Waals surface area contributed by atoms with Gasteiger partial charge >= 0.3 is 17.8 Å². The van der Waals surface area contributed by atoms with E-state index in [2.05, 4.69) is 0 Å². The average Bonchev–Trinajstić information content (AvgIpc) is 3.78. The molecular formula is C29H14F6S6. The fraction of sp³-hybridized carbons (Fsp3) is 0.172. The number of thioether (sulfide) groups is 2. The van der Waals surface area contributed by atoms with Gasteiger partial charge in [0.2, 0.25) is 0 Å². The van der Waals surface area contributed by atoms with Crippen LogP contribution in [0.25, 0.3) is 9.81 Å². The Labute approximate surface area is 254 Å². The maximum Gasteiger partial charge on any atom is 0.380 e. The fourth-order valence-corrected chi connectivity index (χ4v) is 13.6. The third-order valence-electron chi connectivity index (χ3n) is 7.80. The molecule has 1 fully saturated rings. The second-order valence-electron chi connectivity index (χ2n) is 9.79. The Morgan fingerprint density at radius 1 is 0.488 bits per heavy atom. The van der Waals surface area contributed by atoms with Crippen molar-refractivity contribution in [2.45, 2.75) is 27.3 Å². The van der Waals surface area contributed by atoms with E-state index >= 15 is 26.3 Å². The van der Waals surface area contributed by atoms with E-state index in [4.69, 9.17) is 0 Å². The van der Waals surface area contributed by atoms with Crippen molar-refractivity contribution in [3.8, 4) is 0 Å². The first-order chi connectivity index (χ1) is 19.6. The van der Waals surface area contributed by atoms with E-state index in [9.17, 15) is 0 Å². The Bertz CT molecular complexity index is 1670. The minimum Gasteiger partial charge on any atom is -0.194 e. The molecule has 0 nitrogen and oxygen atoms in total. The number of halogens is 6. The monoisotopic (exact) mass is 668 g/mol. The van der Waals surface area contributed by atoms with E-state index in [1.807, 2.05) is 35.0 Å². The smallest absolute Gasteiger partial charge is 0.194 e. The van der Waals surface area contributed by atoms with E-state index in [0.29, 0.717) is 19.6 Å². The minimum absolute atomic E-state index is 0.171. The summed E-state index contributed by atoms with van der Waals surface area (Å²) in [5, 5.41) is 7.29. The maximum atomic E-state index is 16.0. The van der Waals surface area contributed by atoms with Gasteiger partial charge in [-0.25, -0.2) is 0 Å². The lowest BCUT2D eigenvalue weighted by molar-refractivity contribution is -0.258. The average molecular weight is 669 g/mol. The van der Waals surface area contributed by atoms with Crippen molar-refractivity contribution in [2.75, 3.05) is 0 Å². The Morgan fingerprint density at radius 3 is 1.22 bits per heavy atom. The van der Waals surface area contributed by atoms with Crippen LogP contribution in [-0.2, 0) is 9.49 Å². The molecule has 2 aliphatic carbocycles. The summed E-state index contributed by atoms with van der Waals surface area (Å²) >= 11 is 8.01. The van der Waals surface area contributed by atoms with Gasteiger partial charge in [-0.05, 0) is 69.1 Å². The molecule has 8 rings (SSSR count). The summed E-state index contributed by atoms with van der Waals surface area (Å²) in [6.07, 6.45) is 2.93. The van der Waals surface area contributed by atoms with Crippen molar-refractivity contribution >= 4 is 78.7 Å². The molecule has 0 saturated heterocycles. The lowest BCUT2D eigenvalue weighted by Gasteiger charge is -2.50. The van der Waals surface area contributed by atoms with Crippen LogP contribution in [0.4, 0.5) is 26.3 Å².